The molecule has 0 aliphatic heterocycles. The van der Waals surface area contributed by atoms with E-state index in [0.29, 0.717) is 23.5 Å². The molecular weight excluding hydrogens is 372 g/mol. The van der Waals surface area contributed by atoms with Gasteiger partial charge < -0.3 is 4.43 Å². The lowest BCUT2D eigenvalue weighted by atomic mass is 9.62. The second-order valence-electron chi connectivity index (χ2n) is 11.2. The van der Waals surface area contributed by atoms with Crippen molar-refractivity contribution in [3.8, 4) is 5.75 Å². The fourth-order valence-electron chi connectivity index (χ4n) is 5.36. The SMILES string of the molecule is C[C@H](C=Cc1ccccc1O[Si](C)(C)C(C)(C)C)[C@H]1CCC2C(=O)CCC[C@@]21C. The minimum atomic E-state index is -1.87. The first kappa shape index (κ1) is 22.3. The van der Waals surface area contributed by atoms with Crippen molar-refractivity contribution >= 4 is 20.2 Å². The van der Waals surface area contributed by atoms with E-state index in [-0.39, 0.29) is 10.5 Å². The van der Waals surface area contributed by atoms with Gasteiger partial charge in [0, 0.05) is 17.9 Å². The van der Waals surface area contributed by atoms with Crippen LogP contribution >= 0.6 is 0 Å². The van der Waals surface area contributed by atoms with Gasteiger partial charge in [0.15, 0.2) is 0 Å². The number of ketones is 1. The molecule has 29 heavy (non-hydrogen) atoms. The van der Waals surface area contributed by atoms with Crippen LogP contribution in [0.25, 0.3) is 6.08 Å². The van der Waals surface area contributed by atoms with Gasteiger partial charge in [0.1, 0.15) is 11.5 Å². The van der Waals surface area contributed by atoms with Gasteiger partial charge in [-0.25, -0.2) is 0 Å². The van der Waals surface area contributed by atoms with Gasteiger partial charge in [-0.15, -0.1) is 0 Å². The molecule has 2 saturated carbocycles. The van der Waals surface area contributed by atoms with Gasteiger partial charge in [-0.05, 0) is 67.1 Å². The van der Waals surface area contributed by atoms with E-state index in [4.69, 9.17) is 4.43 Å². The van der Waals surface area contributed by atoms with Crippen LogP contribution in [0.2, 0.25) is 18.1 Å². The molecule has 3 heteroatoms. The third kappa shape index (κ3) is 4.40. The molecule has 160 valence electrons. The standard InChI is InChI=1S/C26H40O2Si/c1-19(21-16-17-22-23(27)12-10-18-26(21,22)5)14-15-20-11-8-9-13-24(20)28-29(6,7)25(2,3)4/h8-9,11,13-15,19,21-22H,10,12,16-18H2,1-7H3/t19-,21-,22?,26-/m1/s1. The molecule has 1 aromatic carbocycles. The lowest BCUT2D eigenvalue weighted by Gasteiger charge is -2.41. The lowest BCUT2D eigenvalue weighted by molar-refractivity contribution is -0.129. The maximum Gasteiger partial charge on any atom is 0.250 e. The summed E-state index contributed by atoms with van der Waals surface area (Å²) in [6.45, 7) is 16.2. The minimum absolute atomic E-state index is 0.179. The van der Waals surface area contributed by atoms with Crippen molar-refractivity contribution in [2.24, 2.45) is 23.2 Å². The lowest BCUT2D eigenvalue weighted by Crippen LogP contribution is -2.44. The van der Waals surface area contributed by atoms with Crippen molar-refractivity contribution in [3.05, 3.63) is 35.9 Å². The van der Waals surface area contributed by atoms with E-state index in [0.717, 1.165) is 25.0 Å². The van der Waals surface area contributed by atoms with Crippen LogP contribution in [-0.2, 0) is 4.79 Å². The summed E-state index contributed by atoms with van der Waals surface area (Å²) in [5, 5.41) is 0.179. The van der Waals surface area contributed by atoms with E-state index in [1.165, 1.54) is 18.4 Å². The van der Waals surface area contributed by atoms with Gasteiger partial charge in [-0.1, -0.05) is 65.0 Å². The molecule has 2 nitrogen and oxygen atoms in total. The average molecular weight is 413 g/mol. The van der Waals surface area contributed by atoms with E-state index in [9.17, 15) is 4.79 Å². The molecule has 2 aliphatic rings. The fourth-order valence-corrected chi connectivity index (χ4v) is 6.40. The monoisotopic (exact) mass is 412 g/mol. The molecule has 1 aromatic rings. The number of carbonyl (C=O) groups excluding carboxylic acids is 1. The van der Waals surface area contributed by atoms with E-state index in [2.05, 4.69) is 84.1 Å². The Morgan fingerprint density at radius 3 is 2.59 bits per heavy atom. The molecule has 0 aromatic heterocycles. The molecule has 0 spiro atoms. The van der Waals surface area contributed by atoms with Crippen molar-refractivity contribution < 1.29 is 9.22 Å². The molecule has 0 bridgehead atoms. The van der Waals surface area contributed by atoms with Crippen molar-refractivity contribution in [2.75, 3.05) is 0 Å². The van der Waals surface area contributed by atoms with Gasteiger partial charge in [-0.2, -0.15) is 0 Å². The highest BCUT2D eigenvalue weighted by Gasteiger charge is 2.52. The molecule has 0 saturated heterocycles. The Kier molecular flexibility index (Phi) is 6.20. The Morgan fingerprint density at radius 2 is 1.90 bits per heavy atom. The third-order valence-corrected chi connectivity index (χ3v) is 12.6. The van der Waals surface area contributed by atoms with Crippen molar-refractivity contribution in [1.29, 1.82) is 0 Å². The summed E-state index contributed by atoms with van der Waals surface area (Å²) in [6, 6.07) is 8.43. The van der Waals surface area contributed by atoms with Gasteiger partial charge in [0.2, 0.25) is 0 Å². The quantitative estimate of drug-likeness (QED) is 0.468. The summed E-state index contributed by atoms with van der Waals surface area (Å²) in [6.07, 6.45) is 9.97. The predicted molar refractivity (Wildman–Crippen MR) is 126 cm³/mol. The highest BCUT2D eigenvalue weighted by Crippen LogP contribution is 2.56. The number of Topliss-reactive ketones (excluding diaryl/α,β-unsaturated/α-hetero) is 1. The predicted octanol–water partition coefficient (Wildman–Crippen LogP) is 7.51. The first-order valence-corrected chi connectivity index (χ1v) is 14.4. The van der Waals surface area contributed by atoms with Crippen LogP contribution in [-0.4, -0.2) is 14.1 Å². The maximum absolute atomic E-state index is 12.5. The Morgan fingerprint density at radius 1 is 1.21 bits per heavy atom. The molecule has 0 N–H and O–H groups in total. The molecule has 2 aliphatic carbocycles. The zero-order chi connectivity index (χ0) is 21.4. The highest BCUT2D eigenvalue weighted by atomic mass is 28.4. The average Bonchev–Trinajstić information content (AvgIpc) is 2.98. The Hall–Kier alpha value is -1.35. The van der Waals surface area contributed by atoms with E-state index >= 15 is 0 Å². The fraction of sp³-hybridized carbons (Fsp3) is 0.654. The van der Waals surface area contributed by atoms with Gasteiger partial charge in [0.05, 0.1) is 0 Å². The first-order chi connectivity index (χ1) is 13.5. The number of carbonyl (C=O) groups is 1. The van der Waals surface area contributed by atoms with E-state index < -0.39 is 8.32 Å². The Labute approximate surface area is 179 Å². The van der Waals surface area contributed by atoms with Crippen LogP contribution in [0.5, 0.6) is 5.75 Å². The summed E-state index contributed by atoms with van der Waals surface area (Å²) in [4.78, 5) is 12.5. The van der Waals surface area contributed by atoms with Crippen molar-refractivity contribution in [2.45, 2.75) is 84.9 Å². The van der Waals surface area contributed by atoms with Crippen LogP contribution in [0.3, 0.4) is 0 Å². The summed E-state index contributed by atoms with van der Waals surface area (Å²) < 4.78 is 6.62. The second-order valence-corrected chi connectivity index (χ2v) is 15.9. The third-order valence-electron chi connectivity index (χ3n) is 8.24. The molecule has 0 radical (unpaired) electrons. The molecule has 1 unspecified atom stereocenters. The Balaban J connectivity index is 1.78. The van der Waals surface area contributed by atoms with Gasteiger partial charge in [0.25, 0.3) is 8.32 Å². The summed E-state index contributed by atoms with van der Waals surface area (Å²) in [5.74, 6) is 2.89. The molecule has 0 amide bonds. The van der Waals surface area contributed by atoms with Crippen LogP contribution < -0.4 is 4.43 Å². The maximum atomic E-state index is 12.5. The zero-order valence-electron chi connectivity index (χ0n) is 19.5. The van der Waals surface area contributed by atoms with Crippen LogP contribution in [0.15, 0.2) is 30.3 Å². The molecule has 4 atom stereocenters. The van der Waals surface area contributed by atoms with Crippen molar-refractivity contribution in [3.63, 3.8) is 0 Å². The largest absolute Gasteiger partial charge is 0.543 e. The number of allylic oxidation sites excluding steroid dienone is 1. The van der Waals surface area contributed by atoms with Gasteiger partial charge in [-0.3, -0.25) is 4.79 Å². The first-order valence-electron chi connectivity index (χ1n) is 11.4. The summed E-state index contributed by atoms with van der Waals surface area (Å²) in [7, 11) is -1.87. The molecule has 0 heterocycles. The number of rotatable bonds is 5. The smallest absolute Gasteiger partial charge is 0.250 e. The van der Waals surface area contributed by atoms with Gasteiger partial charge >= 0.3 is 0 Å². The highest BCUT2D eigenvalue weighted by molar-refractivity contribution is 6.74. The topological polar surface area (TPSA) is 26.3 Å². The zero-order valence-corrected chi connectivity index (χ0v) is 20.5. The summed E-state index contributed by atoms with van der Waals surface area (Å²) >= 11 is 0. The molecule has 3 rings (SSSR count). The number of hydrogen-bond donors (Lipinski definition) is 0. The molecule has 2 fully saturated rings. The molecular formula is C26H40O2Si. The normalized spacial score (nSPS) is 29.1. The van der Waals surface area contributed by atoms with E-state index in [1.807, 2.05) is 0 Å². The second kappa shape index (κ2) is 8.06. The minimum Gasteiger partial charge on any atom is -0.543 e. The number of fused-ring (bicyclic) bond motifs is 1. The number of hydrogen-bond acceptors (Lipinski definition) is 2. The van der Waals surface area contributed by atoms with E-state index in [1.54, 1.807) is 0 Å². The number of para-hydroxylation sites is 1. The number of benzene rings is 1. The van der Waals surface area contributed by atoms with Crippen LogP contribution in [0.4, 0.5) is 0 Å². The van der Waals surface area contributed by atoms with Crippen molar-refractivity contribution in [1.82, 2.24) is 0 Å². The summed E-state index contributed by atoms with van der Waals surface area (Å²) in [5.41, 5.74) is 1.36. The van der Waals surface area contributed by atoms with Crippen LogP contribution in [0, 0.1) is 23.2 Å². The Bertz CT molecular complexity index is 773. The van der Waals surface area contributed by atoms with Crippen LogP contribution in [0.1, 0.15) is 72.3 Å².